The number of rotatable bonds is 5. The maximum Gasteiger partial charge on any atom is 0.242 e. The quantitative estimate of drug-likeness (QED) is 0.314. The molecule has 0 saturated carbocycles. The lowest BCUT2D eigenvalue weighted by Gasteiger charge is -2.09. The number of thiazole rings is 1. The molecule has 5 aromatic rings. The lowest BCUT2D eigenvalue weighted by molar-refractivity contribution is 0.101. The third kappa shape index (κ3) is 3.39. The molecule has 0 saturated heterocycles. The number of aromatic hydroxyl groups is 3. The van der Waals surface area contributed by atoms with Crippen molar-refractivity contribution in [3.8, 4) is 39.5 Å². The van der Waals surface area contributed by atoms with Crippen LogP contribution in [0, 0.1) is 6.92 Å². The van der Waals surface area contributed by atoms with E-state index in [0.717, 1.165) is 4.70 Å². The zero-order valence-electron chi connectivity index (χ0n) is 17.6. The lowest BCUT2D eigenvalue weighted by Crippen LogP contribution is -2.04. The van der Waals surface area contributed by atoms with E-state index in [9.17, 15) is 20.1 Å². The molecule has 5 rings (SSSR count). The summed E-state index contributed by atoms with van der Waals surface area (Å²) in [6.07, 6.45) is 0. The van der Waals surface area contributed by atoms with Crippen LogP contribution < -0.4 is 4.74 Å². The molecule has 0 amide bonds. The van der Waals surface area contributed by atoms with Gasteiger partial charge in [-0.15, -0.1) is 0 Å². The molecule has 3 aromatic heterocycles. The van der Waals surface area contributed by atoms with Crippen LogP contribution in [0.5, 0.6) is 23.1 Å². The Morgan fingerprint density at radius 1 is 1.09 bits per heavy atom. The minimum atomic E-state index is -0.615. The molecule has 9 heteroatoms. The summed E-state index contributed by atoms with van der Waals surface area (Å²) < 4.78 is 12.8. The summed E-state index contributed by atoms with van der Waals surface area (Å²) in [7, 11) is 1.56. The Morgan fingerprint density at radius 2 is 1.91 bits per heavy atom. The van der Waals surface area contributed by atoms with Gasteiger partial charge in [-0.25, -0.2) is 4.98 Å². The smallest absolute Gasteiger partial charge is 0.242 e. The molecule has 2 aromatic carbocycles. The summed E-state index contributed by atoms with van der Waals surface area (Å²) in [6, 6.07) is 14.7. The molecule has 166 valence electrons. The molecular formula is C24H18N2O6S. The number of fused-ring (bicyclic) bond motifs is 1. The van der Waals surface area contributed by atoms with E-state index in [1.165, 1.54) is 34.1 Å². The van der Waals surface area contributed by atoms with Crippen molar-refractivity contribution in [2.75, 3.05) is 7.11 Å². The Labute approximate surface area is 191 Å². The van der Waals surface area contributed by atoms with Gasteiger partial charge in [0.15, 0.2) is 16.6 Å². The molecule has 0 radical (unpaired) electrons. The minimum absolute atomic E-state index is 0.00962. The van der Waals surface area contributed by atoms with Crippen molar-refractivity contribution in [1.82, 2.24) is 9.55 Å². The summed E-state index contributed by atoms with van der Waals surface area (Å²) >= 11 is 1.24. The van der Waals surface area contributed by atoms with E-state index in [4.69, 9.17) is 9.15 Å². The number of nitrogens with zero attached hydrogens (tertiary/aromatic N) is 2. The highest BCUT2D eigenvalue weighted by Gasteiger charge is 2.32. The van der Waals surface area contributed by atoms with Crippen molar-refractivity contribution in [2.45, 2.75) is 6.92 Å². The number of hydrogen-bond acceptors (Lipinski definition) is 8. The second kappa shape index (κ2) is 7.72. The van der Waals surface area contributed by atoms with Gasteiger partial charge < -0.3 is 24.5 Å². The van der Waals surface area contributed by atoms with Crippen molar-refractivity contribution in [2.24, 2.45) is 0 Å². The van der Waals surface area contributed by atoms with Crippen LogP contribution in [-0.2, 0) is 0 Å². The van der Waals surface area contributed by atoms with Gasteiger partial charge in [-0.2, -0.15) is 0 Å². The van der Waals surface area contributed by atoms with E-state index < -0.39 is 17.4 Å². The summed E-state index contributed by atoms with van der Waals surface area (Å²) in [6.45, 7) is 1.70. The van der Waals surface area contributed by atoms with Crippen molar-refractivity contribution in [3.05, 3.63) is 71.7 Å². The number of carbonyl (C=O) groups excluding carboxylic acids is 1. The molecule has 33 heavy (non-hydrogen) atoms. The summed E-state index contributed by atoms with van der Waals surface area (Å²) in [5.41, 5.74) is 1.06. The third-order valence-corrected chi connectivity index (χ3v) is 6.21. The first-order valence-corrected chi connectivity index (χ1v) is 10.7. The van der Waals surface area contributed by atoms with Crippen LogP contribution in [0.15, 0.2) is 59.0 Å². The van der Waals surface area contributed by atoms with Crippen LogP contribution >= 0.6 is 11.3 Å². The van der Waals surface area contributed by atoms with Crippen LogP contribution in [0.1, 0.15) is 21.9 Å². The molecule has 0 aliphatic rings. The van der Waals surface area contributed by atoms with Crippen molar-refractivity contribution < 1.29 is 29.3 Å². The Bertz CT molecular complexity index is 1530. The molecule has 3 heterocycles. The number of benzene rings is 2. The SMILES string of the molecule is COc1ccc2nc(-n3c(O)c(O)c(C(=O)c4ccc(C)o4)c3-c3cccc(O)c3)sc2c1. The van der Waals surface area contributed by atoms with Gasteiger partial charge in [0.05, 0.1) is 28.6 Å². The van der Waals surface area contributed by atoms with Crippen molar-refractivity contribution in [3.63, 3.8) is 0 Å². The second-order valence-corrected chi connectivity index (χ2v) is 8.36. The van der Waals surface area contributed by atoms with E-state index in [2.05, 4.69) is 4.98 Å². The molecule has 0 fully saturated rings. The highest BCUT2D eigenvalue weighted by Crippen LogP contribution is 2.45. The molecule has 3 N–H and O–H groups in total. The normalized spacial score (nSPS) is 11.2. The van der Waals surface area contributed by atoms with Crippen LogP contribution in [0.25, 0.3) is 26.6 Å². The number of ether oxygens (including phenoxy) is 1. The highest BCUT2D eigenvalue weighted by molar-refractivity contribution is 7.20. The van der Waals surface area contributed by atoms with Gasteiger partial charge >= 0.3 is 0 Å². The predicted molar refractivity (Wildman–Crippen MR) is 123 cm³/mol. The number of aromatic nitrogens is 2. The predicted octanol–water partition coefficient (Wildman–Crippen LogP) is 5.01. The Balaban J connectivity index is 1.80. The zero-order chi connectivity index (χ0) is 23.3. The van der Waals surface area contributed by atoms with E-state index >= 15 is 0 Å². The fraction of sp³-hybridized carbons (Fsp3) is 0.0833. The van der Waals surface area contributed by atoms with E-state index in [0.29, 0.717) is 27.7 Å². The molecule has 0 spiro atoms. The summed E-state index contributed by atoms with van der Waals surface area (Å²) in [5.74, 6) is -0.628. The number of hydrogen-bond donors (Lipinski definition) is 3. The first kappa shape index (κ1) is 20.7. The number of methoxy groups -OCH3 is 1. The monoisotopic (exact) mass is 462 g/mol. The molecule has 0 bridgehead atoms. The van der Waals surface area contributed by atoms with Gasteiger partial charge in [0.2, 0.25) is 11.7 Å². The molecule has 0 unspecified atom stereocenters. The maximum absolute atomic E-state index is 13.3. The molecule has 0 aliphatic heterocycles. The standard InChI is InChI=1S/C24H18N2O6S/c1-12-6-9-17(32-12)21(28)19-20(13-4-3-5-14(27)10-13)26(23(30)22(19)29)24-25-16-8-7-15(31-2)11-18(16)33-24/h3-11,27,29-30H,1-2H3. The lowest BCUT2D eigenvalue weighted by atomic mass is 10.0. The van der Waals surface area contributed by atoms with E-state index in [1.54, 1.807) is 44.4 Å². The van der Waals surface area contributed by atoms with Crippen molar-refractivity contribution >= 4 is 27.3 Å². The number of aryl methyl sites for hydroxylation is 1. The van der Waals surface area contributed by atoms with Crippen LogP contribution in [0.3, 0.4) is 0 Å². The van der Waals surface area contributed by atoms with Crippen LogP contribution in [0.4, 0.5) is 0 Å². The Hall–Kier alpha value is -4.24. The highest BCUT2D eigenvalue weighted by atomic mass is 32.1. The number of phenols is 1. The average Bonchev–Trinajstić information content (AvgIpc) is 3.49. The van der Waals surface area contributed by atoms with Gasteiger partial charge in [0, 0.05) is 5.56 Å². The number of phenolic OH excluding ortho intramolecular Hbond substituents is 1. The minimum Gasteiger partial charge on any atom is -0.508 e. The topological polar surface area (TPSA) is 118 Å². The largest absolute Gasteiger partial charge is 0.508 e. The van der Waals surface area contributed by atoms with Crippen molar-refractivity contribution in [1.29, 1.82) is 0 Å². The third-order valence-electron chi connectivity index (χ3n) is 5.21. The number of ketones is 1. The van der Waals surface area contributed by atoms with Gasteiger partial charge in [0.25, 0.3) is 0 Å². The average molecular weight is 462 g/mol. The zero-order valence-corrected chi connectivity index (χ0v) is 18.4. The number of furan rings is 1. The Morgan fingerprint density at radius 3 is 2.61 bits per heavy atom. The Kier molecular flexibility index (Phi) is 4.83. The fourth-order valence-corrected chi connectivity index (χ4v) is 4.67. The maximum atomic E-state index is 13.3. The summed E-state index contributed by atoms with van der Waals surface area (Å²) in [4.78, 5) is 17.9. The number of carbonyl (C=O) groups is 1. The first-order valence-electron chi connectivity index (χ1n) is 9.89. The summed E-state index contributed by atoms with van der Waals surface area (Å²) in [5, 5.41) is 32.2. The van der Waals surface area contributed by atoms with E-state index in [1.807, 2.05) is 6.07 Å². The van der Waals surface area contributed by atoms with Crippen LogP contribution in [0.2, 0.25) is 0 Å². The molecular weight excluding hydrogens is 444 g/mol. The molecule has 0 atom stereocenters. The first-order chi connectivity index (χ1) is 15.9. The molecule has 8 nitrogen and oxygen atoms in total. The van der Waals surface area contributed by atoms with Crippen LogP contribution in [-0.4, -0.2) is 37.8 Å². The van der Waals surface area contributed by atoms with Gasteiger partial charge in [-0.05, 0) is 49.4 Å². The van der Waals surface area contributed by atoms with Gasteiger partial charge in [-0.1, -0.05) is 23.5 Å². The van der Waals surface area contributed by atoms with E-state index in [-0.39, 0.29) is 22.8 Å². The van der Waals surface area contributed by atoms with Gasteiger partial charge in [0.1, 0.15) is 17.3 Å². The second-order valence-electron chi connectivity index (χ2n) is 7.35. The fourth-order valence-electron chi connectivity index (χ4n) is 3.67. The molecule has 0 aliphatic carbocycles. The van der Waals surface area contributed by atoms with Gasteiger partial charge in [-0.3, -0.25) is 9.36 Å².